The van der Waals surface area contributed by atoms with Gasteiger partial charge in [0.25, 0.3) is 0 Å². The summed E-state index contributed by atoms with van der Waals surface area (Å²) in [5, 5.41) is 16.5. The highest BCUT2D eigenvalue weighted by atomic mass is 35.5. The van der Waals surface area contributed by atoms with E-state index in [4.69, 9.17) is 28.9 Å². The Morgan fingerprint density at radius 3 is 2.64 bits per heavy atom. The zero-order valence-electron chi connectivity index (χ0n) is 17.8. The van der Waals surface area contributed by atoms with E-state index >= 15 is 0 Å². The van der Waals surface area contributed by atoms with Crippen LogP contribution in [-0.2, 0) is 17.9 Å². The van der Waals surface area contributed by atoms with Crippen LogP contribution in [0.3, 0.4) is 0 Å². The lowest BCUT2D eigenvalue weighted by atomic mass is 10.1. The van der Waals surface area contributed by atoms with Crippen LogP contribution in [-0.4, -0.2) is 51.6 Å². The van der Waals surface area contributed by atoms with Crippen molar-refractivity contribution in [1.82, 2.24) is 20.2 Å². The molecule has 0 amide bonds. The van der Waals surface area contributed by atoms with Crippen molar-refractivity contribution < 1.29 is 9.90 Å². The van der Waals surface area contributed by atoms with E-state index in [0.29, 0.717) is 47.7 Å². The third-order valence-electron chi connectivity index (χ3n) is 5.51. The molecule has 1 aromatic heterocycles. The molecule has 5 N–H and O–H groups in total. The molecule has 0 radical (unpaired) electrons. The Balaban J connectivity index is 1.44. The van der Waals surface area contributed by atoms with Crippen LogP contribution < -0.4 is 16.4 Å². The Morgan fingerprint density at radius 1 is 1.21 bits per heavy atom. The minimum Gasteiger partial charge on any atom is -0.480 e. The van der Waals surface area contributed by atoms with Gasteiger partial charge in [-0.25, -0.2) is 9.97 Å². The van der Waals surface area contributed by atoms with Crippen LogP contribution in [0, 0.1) is 0 Å². The first-order valence-corrected chi connectivity index (χ1v) is 11.2. The molecule has 0 saturated carbocycles. The average Bonchev–Trinajstić information content (AvgIpc) is 2.80. The number of nitrogens with two attached hydrogens (primary N) is 1. The molecule has 0 bridgehead atoms. The topological polar surface area (TPSA) is 116 Å². The number of hydrogen-bond acceptors (Lipinski definition) is 7. The number of benzene rings is 2. The highest BCUT2D eigenvalue weighted by molar-refractivity contribution is 6.36. The minimum atomic E-state index is -0.821. The predicted octanol–water partition coefficient (Wildman–Crippen LogP) is 3.50. The van der Waals surface area contributed by atoms with Crippen LogP contribution >= 0.6 is 23.2 Å². The second-order valence-electron chi connectivity index (χ2n) is 7.82. The number of anilines is 2. The first-order chi connectivity index (χ1) is 15.9. The van der Waals surface area contributed by atoms with E-state index in [1.54, 1.807) is 24.4 Å². The monoisotopic (exact) mass is 486 g/mol. The Hall–Kier alpha value is -2.91. The van der Waals surface area contributed by atoms with Crippen LogP contribution in [0.15, 0.2) is 48.7 Å². The molecule has 1 saturated heterocycles. The maximum Gasteiger partial charge on any atom is 0.322 e. The second-order valence-corrected chi connectivity index (χ2v) is 8.63. The Bertz CT molecular complexity index is 1120. The summed E-state index contributed by atoms with van der Waals surface area (Å²) in [6.07, 6.45) is 1.63. The summed E-state index contributed by atoms with van der Waals surface area (Å²) in [4.78, 5) is 22.3. The standard InChI is InChI=1S/C23H24Cl2N6O2/c24-17-2-1-3-18(25)16(17)10-29-22-21(26)28-11-19(30-22)15-6-4-14(5-7-15)12-31-9-8-27-20(13-31)23(32)33/h1-7,11,20,27H,8-10,12-13H2,(H2,26,28)(H,29,30)(H,32,33)/t20-/m1/s1. The first kappa shape index (κ1) is 23.3. The average molecular weight is 487 g/mol. The number of piperazine rings is 1. The smallest absolute Gasteiger partial charge is 0.322 e. The van der Waals surface area contributed by atoms with E-state index in [9.17, 15) is 9.90 Å². The van der Waals surface area contributed by atoms with Gasteiger partial charge in [0.05, 0.1) is 11.9 Å². The second kappa shape index (κ2) is 10.4. The number of rotatable bonds is 7. The van der Waals surface area contributed by atoms with Crippen molar-refractivity contribution in [3.8, 4) is 11.3 Å². The van der Waals surface area contributed by atoms with Gasteiger partial charge in [0.2, 0.25) is 0 Å². The van der Waals surface area contributed by atoms with Gasteiger partial charge in [-0.15, -0.1) is 0 Å². The molecule has 1 fully saturated rings. The molecule has 4 rings (SSSR count). The molecular formula is C23H24Cl2N6O2. The van der Waals surface area contributed by atoms with Crippen molar-refractivity contribution in [2.45, 2.75) is 19.1 Å². The zero-order valence-corrected chi connectivity index (χ0v) is 19.3. The number of nitrogen functional groups attached to an aromatic ring is 1. The van der Waals surface area contributed by atoms with Crippen molar-refractivity contribution >= 4 is 40.8 Å². The van der Waals surface area contributed by atoms with Gasteiger partial charge in [0, 0.05) is 53.9 Å². The quantitative estimate of drug-likeness (QED) is 0.400. The van der Waals surface area contributed by atoms with Crippen molar-refractivity contribution in [2.24, 2.45) is 0 Å². The summed E-state index contributed by atoms with van der Waals surface area (Å²) in [6.45, 7) is 2.99. The summed E-state index contributed by atoms with van der Waals surface area (Å²) in [5.41, 5.74) is 9.44. The van der Waals surface area contributed by atoms with Crippen molar-refractivity contribution in [3.63, 3.8) is 0 Å². The van der Waals surface area contributed by atoms with Gasteiger partial charge in [-0.3, -0.25) is 9.69 Å². The van der Waals surface area contributed by atoms with Crippen molar-refractivity contribution in [3.05, 3.63) is 69.8 Å². The normalized spacial score (nSPS) is 16.5. The van der Waals surface area contributed by atoms with Gasteiger partial charge in [-0.2, -0.15) is 0 Å². The Labute approximate surface area is 201 Å². The van der Waals surface area contributed by atoms with E-state index in [-0.39, 0.29) is 5.82 Å². The first-order valence-electron chi connectivity index (χ1n) is 10.5. The molecule has 8 nitrogen and oxygen atoms in total. The lowest BCUT2D eigenvalue weighted by Crippen LogP contribution is -2.53. The SMILES string of the molecule is Nc1ncc(-c2ccc(CN3CCN[C@@H](C(=O)O)C3)cc2)nc1NCc1c(Cl)cccc1Cl. The summed E-state index contributed by atoms with van der Waals surface area (Å²) < 4.78 is 0. The van der Waals surface area contributed by atoms with Crippen LogP contribution in [0.2, 0.25) is 10.0 Å². The lowest BCUT2D eigenvalue weighted by Gasteiger charge is -2.31. The maximum absolute atomic E-state index is 11.2. The number of aliphatic carboxylic acids is 1. The fraction of sp³-hybridized carbons (Fsp3) is 0.261. The summed E-state index contributed by atoms with van der Waals surface area (Å²) >= 11 is 12.5. The molecule has 1 atom stereocenters. The molecular weight excluding hydrogens is 463 g/mol. The molecule has 0 spiro atoms. The van der Waals surface area contributed by atoms with E-state index in [0.717, 1.165) is 23.2 Å². The fourth-order valence-corrected chi connectivity index (χ4v) is 4.23. The van der Waals surface area contributed by atoms with Gasteiger partial charge >= 0.3 is 5.97 Å². The van der Waals surface area contributed by atoms with Crippen molar-refractivity contribution in [2.75, 3.05) is 30.7 Å². The zero-order chi connectivity index (χ0) is 23.4. The molecule has 1 aliphatic rings. The number of halogens is 2. The van der Waals surface area contributed by atoms with Gasteiger partial charge in [-0.05, 0) is 17.7 Å². The van der Waals surface area contributed by atoms with Gasteiger partial charge < -0.3 is 21.5 Å². The molecule has 2 aromatic carbocycles. The number of carbonyl (C=O) groups is 1. The molecule has 10 heteroatoms. The third kappa shape index (κ3) is 5.72. The number of aromatic nitrogens is 2. The summed E-state index contributed by atoms with van der Waals surface area (Å²) in [7, 11) is 0. The minimum absolute atomic E-state index is 0.283. The van der Waals surface area contributed by atoms with Crippen LogP contribution in [0.1, 0.15) is 11.1 Å². The van der Waals surface area contributed by atoms with Crippen LogP contribution in [0.25, 0.3) is 11.3 Å². The van der Waals surface area contributed by atoms with E-state index in [1.807, 2.05) is 24.3 Å². The molecule has 2 heterocycles. The fourth-order valence-electron chi connectivity index (χ4n) is 3.70. The van der Waals surface area contributed by atoms with Crippen LogP contribution in [0.4, 0.5) is 11.6 Å². The largest absolute Gasteiger partial charge is 0.480 e. The third-order valence-corrected chi connectivity index (χ3v) is 6.22. The van der Waals surface area contributed by atoms with Gasteiger partial charge in [0.1, 0.15) is 6.04 Å². The van der Waals surface area contributed by atoms with Gasteiger partial charge in [-0.1, -0.05) is 53.5 Å². The molecule has 33 heavy (non-hydrogen) atoms. The number of carboxylic acids is 1. The van der Waals surface area contributed by atoms with Crippen LogP contribution in [0.5, 0.6) is 0 Å². The molecule has 172 valence electrons. The molecule has 1 aliphatic heterocycles. The lowest BCUT2D eigenvalue weighted by molar-refractivity contribution is -0.140. The molecule has 3 aromatic rings. The number of carboxylic acid groups (broad SMARTS) is 1. The Kier molecular flexibility index (Phi) is 7.29. The molecule has 0 unspecified atom stereocenters. The summed E-state index contributed by atoms with van der Waals surface area (Å²) in [6, 6.07) is 12.8. The summed E-state index contributed by atoms with van der Waals surface area (Å²) in [5.74, 6) is -0.0866. The molecule has 0 aliphatic carbocycles. The Morgan fingerprint density at radius 2 is 1.94 bits per heavy atom. The maximum atomic E-state index is 11.2. The van der Waals surface area contributed by atoms with E-state index in [2.05, 4.69) is 25.5 Å². The highest BCUT2D eigenvalue weighted by Gasteiger charge is 2.24. The number of nitrogens with one attached hydrogen (secondary N) is 2. The number of nitrogens with zero attached hydrogens (tertiary/aromatic N) is 3. The van der Waals surface area contributed by atoms with Crippen molar-refractivity contribution in [1.29, 1.82) is 0 Å². The predicted molar refractivity (Wildman–Crippen MR) is 130 cm³/mol. The van der Waals surface area contributed by atoms with E-state index in [1.165, 1.54) is 0 Å². The van der Waals surface area contributed by atoms with Gasteiger partial charge in [0.15, 0.2) is 11.6 Å². The highest BCUT2D eigenvalue weighted by Crippen LogP contribution is 2.27. The number of hydrogen-bond donors (Lipinski definition) is 4. The van der Waals surface area contributed by atoms with E-state index < -0.39 is 12.0 Å².